The Labute approximate surface area is 156 Å². The third-order valence-electron chi connectivity index (χ3n) is 4.33. The maximum Gasteiger partial charge on any atom is 0.338 e. The monoisotopic (exact) mass is 374 g/mol. The third-order valence-corrected chi connectivity index (χ3v) is 5.52. The first kappa shape index (κ1) is 18.3. The second-order valence-electron chi connectivity index (χ2n) is 6.11. The normalized spacial score (nSPS) is 15.0. The van der Waals surface area contributed by atoms with Gasteiger partial charge in [0.05, 0.1) is 12.1 Å². The molecule has 1 saturated heterocycles. The number of hydrogen-bond acceptors (Lipinski definition) is 6. The van der Waals surface area contributed by atoms with Crippen LogP contribution in [0.3, 0.4) is 0 Å². The zero-order valence-corrected chi connectivity index (χ0v) is 15.5. The van der Waals surface area contributed by atoms with E-state index >= 15 is 0 Å². The van der Waals surface area contributed by atoms with Crippen LogP contribution in [0.2, 0.25) is 0 Å². The minimum atomic E-state index is -1.01. The first-order valence-corrected chi connectivity index (χ1v) is 9.42. The number of thiophene rings is 1. The minimum Gasteiger partial charge on any atom is -0.478 e. The van der Waals surface area contributed by atoms with Crippen molar-refractivity contribution in [2.75, 3.05) is 42.9 Å². The number of carbonyl (C=O) groups excluding carboxylic acids is 1. The number of aromatic carboxylic acids is 1. The predicted molar refractivity (Wildman–Crippen MR) is 102 cm³/mol. The molecular weight excluding hydrogens is 352 g/mol. The molecule has 1 fully saturated rings. The van der Waals surface area contributed by atoms with Crippen LogP contribution in [-0.2, 0) is 11.2 Å². The molecule has 0 radical (unpaired) electrons. The van der Waals surface area contributed by atoms with Gasteiger partial charge in [0.15, 0.2) is 0 Å². The molecule has 7 nitrogen and oxygen atoms in total. The van der Waals surface area contributed by atoms with Gasteiger partial charge in [-0.15, -0.1) is 11.3 Å². The quantitative estimate of drug-likeness (QED) is 0.806. The maximum absolute atomic E-state index is 12.3. The summed E-state index contributed by atoms with van der Waals surface area (Å²) in [5.74, 6) is -0.239. The number of hydrogen-bond donors (Lipinski definition) is 2. The number of nitrogens with zero attached hydrogens (tertiary/aromatic N) is 3. The van der Waals surface area contributed by atoms with Crippen LogP contribution in [0.15, 0.2) is 30.5 Å². The number of nitrogens with one attached hydrogen (secondary N) is 1. The average Bonchev–Trinajstić information content (AvgIpc) is 3.06. The number of rotatable bonds is 6. The Hall–Kier alpha value is -2.45. The van der Waals surface area contributed by atoms with Gasteiger partial charge < -0.3 is 15.3 Å². The number of amides is 1. The first-order chi connectivity index (χ1) is 12.6. The molecule has 1 aliphatic rings. The molecule has 2 aromatic rings. The number of piperazine rings is 1. The fraction of sp³-hybridized carbons (Fsp3) is 0.389. The van der Waals surface area contributed by atoms with Crippen molar-refractivity contribution in [2.45, 2.75) is 13.3 Å². The molecule has 2 N–H and O–H groups in total. The molecule has 0 bridgehead atoms. The van der Waals surface area contributed by atoms with Crippen LogP contribution >= 0.6 is 11.3 Å². The summed E-state index contributed by atoms with van der Waals surface area (Å²) in [6.45, 7) is 5.37. The zero-order valence-electron chi connectivity index (χ0n) is 14.6. The average molecular weight is 374 g/mol. The van der Waals surface area contributed by atoms with Crippen molar-refractivity contribution in [3.05, 3.63) is 40.9 Å². The Bertz CT molecular complexity index is 770. The molecule has 2 aromatic heterocycles. The Balaban J connectivity index is 1.53. The fourth-order valence-corrected chi connectivity index (χ4v) is 3.92. The van der Waals surface area contributed by atoms with E-state index in [-0.39, 0.29) is 18.0 Å². The number of pyridine rings is 1. The standard InChI is InChI=1S/C18H22N4O3S/c1-2-13-11-14(18(24)25)17(26-13)20-16(23)12-21-7-9-22(10-8-21)15-5-3-4-6-19-15/h3-6,11H,2,7-10,12H2,1H3,(H,20,23)(H,24,25). The molecule has 138 valence electrons. The second-order valence-corrected chi connectivity index (χ2v) is 7.25. The van der Waals surface area contributed by atoms with Crippen molar-refractivity contribution in [1.29, 1.82) is 0 Å². The second kappa shape index (κ2) is 8.29. The molecule has 0 aliphatic carbocycles. The van der Waals surface area contributed by atoms with Crippen LogP contribution in [0, 0.1) is 0 Å². The van der Waals surface area contributed by atoms with E-state index in [1.165, 1.54) is 11.3 Å². The lowest BCUT2D eigenvalue weighted by Gasteiger charge is -2.34. The molecule has 1 amide bonds. The summed E-state index contributed by atoms with van der Waals surface area (Å²) in [4.78, 5) is 33.2. The minimum absolute atomic E-state index is 0.167. The van der Waals surface area contributed by atoms with Gasteiger partial charge in [-0.3, -0.25) is 9.69 Å². The number of carbonyl (C=O) groups is 2. The molecule has 3 heterocycles. The predicted octanol–water partition coefficient (Wildman–Crippen LogP) is 2.16. The van der Waals surface area contributed by atoms with Crippen molar-refractivity contribution in [3.8, 4) is 0 Å². The topological polar surface area (TPSA) is 85.8 Å². The molecule has 0 aromatic carbocycles. The molecule has 0 spiro atoms. The van der Waals surface area contributed by atoms with E-state index in [1.807, 2.05) is 25.1 Å². The van der Waals surface area contributed by atoms with Crippen LogP contribution in [0.5, 0.6) is 0 Å². The van der Waals surface area contributed by atoms with E-state index in [0.717, 1.165) is 43.3 Å². The van der Waals surface area contributed by atoms with Crippen LogP contribution in [0.25, 0.3) is 0 Å². The lowest BCUT2D eigenvalue weighted by Crippen LogP contribution is -2.48. The summed E-state index contributed by atoms with van der Waals surface area (Å²) < 4.78 is 0. The largest absolute Gasteiger partial charge is 0.478 e. The van der Waals surface area contributed by atoms with E-state index in [9.17, 15) is 14.7 Å². The van der Waals surface area contributed by atoms with Crippen LogP contribution in [-0.4, -0.2) is 59.6 Å². The molecule has 8 heteroatoms. The Kier molecular flexibility index (Phi) is 5.85. The van der Waals surface area contributed by atoms with Crippen LogP contribution in [0.1, 0.15) is 22.2 Å². The van der Waals surface area contributed by atoms with Gasteiger partial charge in [0.1, 0.15) is 10.8 Å². The molecule has 0 unspecified atom stereocenters. The summed E-state index contributed by atoms with van der Waals surface area (Å²) in [6.07, 6.45) is 2.52. The molecule has 3 rings (SSSR count). The lowest BCUT2D eigenvalue weighted by molar-refractivity contribution is -0.117. The lowest BCUT2D eigenvalue weighted by atomic mass is 10.2. The van der Waals surface area contributed by atoms with Crippen LogP contribution < -0.4 is 10.2 Å². The van der Waals surface area contributed by atoms with E-state index in [1.54, 1.807) is 12.3 Å². The van der Waals surface area contributed by atoms with Crippen molar-refractivity contribution < 1.29 is 14.7 Å². The highest BCUT2D eigenvalue weighted by molar-refractivity contribution is 7.16. The Morgan fingerprint density at radius 2 is 2.04 bits per heavy atom. The maximum atomic E-state index is 12.3. The van der Waals surface area contributed by atoms with E-state index in [0.29, 0.717) is 5.00 Å². The number of anilines is 2. The van der Waals surface area contributed by atoms with Gasteiger partial charge in [-0.05, 0) is 24.6 Å². The van der Waals surface area contributed by atoms with Gasteiger partial charge in [0.2, 0.25) is 5.91 Å². The SMILES string of the molecule is CCc1cc(C(=O)O)c(NC(=O)CN2CCN(c3ccccn3)CC2)s1. The number of carboxylic acids is 1. The van der Waals surface area contributed by atoms with Crippen molar-refractivity contribution >= 4 is 34.0 Å². The van der Waals surface area contributed by atoms with Gasteiger partial charge in [0.25, 0.3) is 0 Å². The highest BCUT2D eigenvalue weighted by Crippen LogP contribution is 2.28. The molecule has 0 saturated carbocycles. The summed E-state index contributed by atoms with van der Waals surface area (Å²) in [7, 11) is 0. The van der Waals surface area contributed by atoms with Gasteiger partial charge >= 0.3 is 5.97 Å². The molecule has 0 atom stereocenters. The van der Waals surface area contributed by atoms with Gasteiger partial charge in [0, 0.05) is 37.3 Å². The zero-order chi connectivity index (χ0) is 18.5. The van der Waals surface area contributed by atoms with E-state index in [4.69, 9.17) is 0 Å². The van der Waals surface area contributed by atoms with E-state index in [2.05, 4.69) is 20.1 Å². The number of aromatic nitrogens is 1. The highest BCUT2D eigenvalue weighted by atomic mass is 32.1. The van der Waals surface area contributed by atoms with E-state index < -0.39 is 5.97 Å². The van der Waals surface area contributed by atoms with Crippen molar-refractivity contribution in [3.63, 3.8) is 0 Å². The van der Waals surface area contributed by atoms with Gasteiger partial charge in [-0.1, -0.05) is 13.0 Å². The van der Waals surface area contributed by atoms with Gasteiger partial charge in [-0.25, -0.2) is 9.78 Å². The molecular formula is C18H22N4O3S. The molecule has 1 aliphatic heterocycles. The summed E-state index contributed by atoms with van der Waals surface area (Å²) in [6, 6.07) is 7.48. The van der Waals surface area contributed by atoms with Crippen molar-refractivity contribution in [2.24, 2.45) is 0 Å². The number of carboxylic acid groups (broad SMARTS) is 1. The Morgan fingerprint density at radius 1 is 1.27 bits per heavy atom. The smallest absolute Gasteiger partial charge is 0.338 e. The third kappa shape index (κ3) is 4.39. The Morgan fingerprint density at radius 3 is 2.65 bits per heavy atom. The summed E-state index contributed by atoms with van der Waals surface area (Å²) in [5.41, 5.74) is 0.167. The summed E-state index contributed by atoms with van der Waals surface area (Å²) >= 11 is 1.33. The first-order valence-electron chi connectivity index (χ1n) is 8.61. The fourth-order valence-electron chi connectivity index (χ4n) is 2.91. The highest BCUT2D eigenvalue weighted by Gasteiger charge is 2.21. The van der Waals surface area contributed by atoms with Gasteiger partial charge in [-0.2, -0.15) is 0 Å². The van der Waals surface area contributed by atoms with Crippen molar-refractivity contribution in [1.82, 2.24) is 9.88 Å². The molecule has 26 heavy (non-hydrogen) atoms. The summed E-state index contributed by atoms with van der Waals surface area (Å²) in [5, 5.41) is 12.5. The van der Waals surface area contributed by atoms with Crippen LogP contribution in [0.4, 0.5) is 10.8 Å². The number of aryl methyl sites for hydroxylation is 1.